The van der Waals surface area contributed by atoms with Crippen molar-refractivity contribution in [3.63, 3.8) is 0 Å². The van der Waals surface area contributed by atoms with Gasteiger partial charge in [0.15, 0.2) is 0 Å². The van der Waals surface area contributed by atoms with E-state index < -0.39 is 16.1 Å². The predicted molar refractivity (Wildman–Crippen MR) is 98.2 cm³/mol. The van der Waals surface area contributed by atoms with Crippen LogP contribution in [0.15, 0.2) is 17.0 Å². The Balaban J connectivity index is 1.57. The van der Waals surface area contributed by atoms with Crippen LogP contribution in [-0.4, -0.2) is 69.0 Å². The first kappa shape index (κ1) is 18.2. The maximum atomic E-state index is 13.1. The molecule has 1 aromatic carbocycles. The van der Waals surface area contributed by atoms with Crippen LogP contribution in [0.25, 0.3) is 0 Å². The molecule has 0 aliphatic carbocycles. The highest BCUT2D eigenvalue weighted by Crippen LogP contribution is 2.39. The van der Waals surface area contributed by atoms with Crippen molar-refractivity contribution in [3.8, 4) is 0 Å². The van der Waals surface area contributed by atoms with Crippen molar-refractivity contribution in [2.75, 3.05) is 44.2 Å². The van der Waals surface area contributed by atoms with Crippen molar-refractivity contribution in [1.29, 1.82) is 0 Å². The van der Waals surface area contributed by atoms with E-state index in [9.17, 15) is 18.0 Å². The molecule has 0 aromatic heterocycles. The van der Waals surface area contributed by atoms with Gasteiger partial charge in [0, 0.05) is 32.7 Å². The second-order valence-electron chi connectivity index (χ2n) is 7.01. The lowest BCUT2D eigenvalue weighted by Gasteiger charge is -2.33. The first-order chi connectivity index (χ1) is 12.9. The van der Waals surface area contributed by atoms with Crippen molar-refractivity contribution in [1.82, 2.24) is 9.21 Å². The van der Waals surface area contributed by atoms with Gasteiger partial charge in [-0.3, -0.25) is 4.79 Å². The van der Waals surface area contributed by atoms with Gasteiger partial charge in [-0.25, -0.2) is 13.2 Å². The van der Waals surface area contributed by atoms with E-state index in [0.29, 0.717) is 26.2 Å². The minimum absolute atomic E-state index is 0.0450. The summed E-state index contributed by atoms with van der Waals surface area (Å²) < 4.78 is 32.7. The van der Waals surface area contributed by atoms with E-state index in [-0.39, 0.29) is 30.3 Å². The van der Waals surface area contributed by atoms with Crippen molar-refractivity contribution in [2.45, 2.75) is 31.1 Å². The van der Waals surface area contributed by atoms with Gasteiger partial charge < -0.3 is 14.5 Å². The molecular weight excluding hydrogens is 370 g/mol. The van der Waals surface area contributed by atoms with Crippen molar-refractivity contribution in [3.05, 3.63) is 23.3 Å². The Kier molecular flexibility index (Phi) is 4.59. The molecule has 3 aliphatic rings. The SMILES string of the molecule is CCOC(=O)N1CCN(S(=O)(=O)c2cc3c4c(c2)CC(=O)N4CCC3)CC1. The number of anilines is 1. The zero-order valence-electron chi connectivity index (χ0n) is 15.3. The predicted octanol–water partition coefficient (Wildman–Crippen LogP) is 0.985. The molecule has 1 fully saturated rings. The average Bonchev–Trinajstić information content (AvgIpc) is 2.99. The van der Waals surface area contributed by atoms with Gasteiger partial charge in [0.1, 0.15) is 0 Å². The van der Waals surface area contributed by atoms with E-state index in [4.69, 9.17) is 4.74 Å². The molecule has 0 unspecified atom stereocenters. The van der Waals surface area contributed by atoms with Crippen LogP contribution in [0.1, 0.15) is 24.5 Å². The molecule has 146 valence electrons. The summed E-state index contributed by atoms with van der Waals surface area (Å²) >= 11 is 0. The lowest BCUT2D eigenvalue weighted by atomic mass is 10.0. The molecule has 3 heterocycles. The number of rotatable bonds is 3. The van der Waals surface area contributed by atoms with Crippen LogP contribution >= 0.6 is 0 Å². The molecule has 1 aromatic rings. The van der Waals surface area contributed by atoms with Crippen LogP contribution in [0, 0.1) is 0 Å². The van der Waals surface area contributed by atoms with Crippen molar-refractivity contribution < 1.29 is 22.7 Å². The van der Waals surface area contributed by atoms with Crippen molar-refractivity contribution in [2.24, 2.45) is 0 Å². The number of nitrogens with zero attached hydrogens (tertiary/aromatic N) is 3. The highest BCUT2D eigenvalue weighted by Gasteiger charge is 2.36. The molecule has 9 heteroatoms. The molecule has 1 saturated heterocycles. The molecule has 0 atom stereocenters. The van der Waals surface area contributed by atoms with Crippen LogP contribution in [0.3, 0.4) is 0 Å². The Morgan fingerprint density at radius 2 is 1.81 bits per heavy atom. The van der Waals surface area contributed by atoms with Gasteiger partial charge in [-0.05, 0) is 43.0 Å². The number of aryl methyl sites for hydroxylation is 1. The summed E-state index contributed by atoms with van der Waals surface area (Å²) in [6.07, 6.45) is 1.49. The van der Waals surface area contributed by atoms with Gasteiger partial charge in [0.2, 0.25) is 15.9 Å². The minimum Gasteiger partial charge on any atom is -0.450 e. The normalized spacial score (nSPS) is 20.0. The fourth-order valence-corrected chi connectivity index (χ4v) is 5.60. The minimum atomic E-state index is -3.66. The topological polar surface area (TPSA) is 87.2 Å². The van der Waals surface area contributed by atoms with Gasteiger partial charge in [0.25, 0.3) is 0 Å². The average molecular weight is 393 g/mol. The highest BCUT2D eigenvalue weighted by atomic mass is 32.2. The molecule has 2 amide bonds. The van der Waals surface area contributed by atoms with E-state index in [1.807, 2.05) is 0 Å². The third-order valence-electron chi connectivity index (χ3n) is 5.38. The number of hydrogen-bond acceptors (Lipinski definition) is 5. The molecule has 0 radical (unpaired) electrons. The Morgan fingerprint density at radius 3 is 2.52 bits per heavy atom. The molecule has 0 saturated carbocycles. The third-order valence-corrected chi connectivity index (χ3v) is 7.26. The number of benzene rings is 1. The van der Waals surface area contributed by atoms with Crippen LogP contribution in [0.4, 0.5) is 10.5 Å². The maximum Gasteiger partial charge on any atom is 0.409 e. The van der Waals surface area contributed by atoms with Gasteiger partial charge in [-0.1, -0.05) is 0 Å². The number of piperazine rings is 1. The van der Waals surface area contributed by atoms with E-state index in [2.05, 4.69) is 0 Å². The van der Waals surface area contributed by atoms with Crippen molar-refractivity contribution >= 4 is 27.7 Å². The lowest BCUT2D eigenvalue weighted by Crippen LogP contribution is -2.50. The van der Waals surface area contributed by atoms with Gasteiger partial charge in [-0.2, -0.15) is 4.31 Å². The molecule has 8 nitrogen and oxygen atoms in total. The molecular formula is C18H23N3O5S. The van der Waals surface area contributed by atoms with Crippen LogP contribution in [0.5, 0.6) is 0 Å². The number of carbonyl (C=O) groups is 2. The molecule has 3 aliphatic heterocycles. The monoisotopic (exact) mass is 393 g/mol. The summed E-state index contributed by atoms with van der Waals surface area (Å²) in [5, 5.41) is 0. The standard InChI is InChI=1S/C18H23N3O5S/c1-2-26-18(23)19-6-8-20(9-7-19)27(24,25)15-10-13-4-3-5-21-16(22)12-14(11-15)17(13)21/h10-11H,2-9,12H2,1H3. The summed E-state index contributed by atoms with van der Waals surface area (Å²) in [5.41, 5.74) is 2.66. The number of sulfonamides is 1. The van der Waals surface area contributed by atoms with E-state index in [1.54, 1.807) is 24.0 Å². The van der Waals surface area contributed by atoms with E-state index >= 15 is 0 Å². The van der Waals surface area contributed by atoms with E-state index in [1.165, 1.54) is 9.21 Å². The fraction of sp³-hybridized carbons (Fsp3) is 0.556. The Morgan fingerprint density at radius 1 is 1.11 bits per heavy atom. The summed E-state index contributed by atoms with van der Waals surface area (Å²) in [7, 11) is -3.66. The molecule has 0 bridgehead atoms. The van der Waals surface area contributed by atoms with E-state index in [0.717, 1.165) is 29.7 Å². The summed E-state index contributed by atoms with van der Waals surface area (Å²) in [5.74, 6) is 0.0450. The largest absolute Gasteiger partial charge is 0.450 e. The Bertz CT molecular complexity index is 891. The number of carbonyl (C=O) groups excluding carboxylic acids is 2. The number of ether oxygens (including phenoxy) is 1. The first-order valence-corrected chi connectivity index (χ1v) is 10.7. The number of amides is 2. The Labute approximate surface area is 158 Å². The smallest absolute Gasteiger partial charge is 0.409 e. The highest BCUT2D eigenvalue weighted by molar-refractivity contribution is 7.89. The van der Waals surface area contributed by atoms with Crippen LogP contribution in [0.2, 0.25) is 0 Å². The molecule has 0 spiro atoms. The fourth-order valence-electron chi connectivity index (χ4n) is 4.07. The van der Waals surface area contributed by atoms with Gasteiger partial charge in [-0.15, -0.1) is 0 Å². The van der Waals surface area contributed by atoms with Gasteiger partial charge >= 0.3 is 6.09 Å². The molecule has 0 N–H and O–H groups in total. The zero-order chi connectivity index (χ0) is 19.2. The zero-order valence-corrected chi connectivity index (χ0v) is 16.1. The van der Waals surface area contributed by atoms with Crippen LogP contribution in [-0.2, 0) is 32.4 Å². The second kappa shape index (κ2) is 6.79. The third kappa shape index (κ3) is 3.08. The summed E-state index contributed by atoms with van der Waals surface area (Å²) in [6, 6.07) is 3.37. The maximum absolute atomic E-state index is 13.1. The first-order valence-electron chi connectivity index (χ1n) is 9.30. The van der Waals surface area contributed by atoms with Crippen LogP contribution < -0.4 is 4.90 Å². The molecule has 4 rings (SSSR count). The van der Waals surface area contributed by atoms with Gasteiger partial charge in [0.05, 0.1) is 23.6 Å². The Hall–Kier alpha value is -2.13. The summed E-state index contributed by atoms with van der Waals surface area (Å²) in [6.45, 7) is 3.83. The quantitative estimate of drug-likeness (QED) is 0.764. The molecule has 27 heavy (non-hydrogen) atoms. The number of hydrogen-bond donors (Lipinski definition) is 0. The lowest BCUT2D eigenvalue weighted by molar-refractivity contribution is -0.117. The summed E-state index contributed by atoms with van der Waals surface area (Å²) in [4.78, 5) is 27.5. The second-order valence-corrected chi connectivity index (χ2v) is 8.94.